The smallest absolute Gasteiger partial charge is 0.191 e. The van der Waals surface area contributed by atoms with Crippen molar-refractivity contribution < 1.29 is 9.47 Å². The highest BCUT2D eigenvalue weighted by Crippen LogP contribution is 2.11. The zero-order valence-corrected chi connectivity index (χ0v) is 17.8. The fraction of sp³-hybridized carbons (Fsp3) is 0.682. The summed E-state index contributed by atoms with van der Waals surface area (Å²) in [4.78, 5) is 7.05. The molecule has 2 atom stereocenters. The topological polar surface area (TPSA) is 58.1 Å². The van der Waals surface area contributed by atoms with Crippen LogP contribution in [0.5, 0.6) is 0 Å². The number of hydrogen-bond donors (Lipinski definition) is 2. The van der Waals surface area contributed by atoms with Crippen molar-refractivity contribution in [2.75, 3.05) is 53.6 Å². The summed E-state index contributed by atoms with van der Waals surface area (Å²) in [5.41, 5.74) is 1.35. The van der Waals surface area contributed by atoms with Crippen molar-refractivity contribution in [3.8, 4) is 0 Å². The Morgan fingerprint density at radius 3 is 2.79 bits per heavy atom. The van der Waals surface area contributed by atoms with Crippen LogP contribution in [0.1, 0.15) is 31.7 Å². The van der Waals surface area contributed by atoms with E-state index in [-0.39, 0.29) is 0 Å². The number of rotatable bonds is 12. The van der Waals surface area contributed by atoms with Crippen LogP contribution in [0.2, 0.25) is 0 Å². The van der Waals surface area contributed by atoms with Crippen LogP contribution in [0, 0.1) is 0 Å². The summed E-state index contributed by atoms with van der Waals surface area (Å²) in [5.74, 6) is 0.876. The Labute approximate surface area is 170 Å². The molecule has 1 aromatic rings. The van der Waals surface area contributed by atoms with Gasteiger partial charge in [-0.05, 0) is 52.3 Å². The molecule has 158 valence electrons. The van der Waals surface area contributed by atoms with Crippen LogP contribution < -0.4 is 10.6 Å². The first-order valence-corrected chi connectivity index (χ1v) is 10.6. The minimum atomic E-state index is 0.305. The van der Waals surface area contributed by atoms with Crippen LogP contribution in [-0.4, -0.2) is 76.6 Å². The van der Waals surface area contributed by atoms with Crippen molar-refractivity contribution >= 4 is 5.96 Å². The van der Waals surface area contributed by atoms with Crippen molar-refractivity contribution in [2.24, 2.45) is 4.99 Å². The predicted molar refractivity (Wildman–Crippen MR) is 116 cm³/mol. The zero-order valence-electron chi connectivity index (χ0n) is 17.8. The van der Waals surface area contributed by atoms with Crippen molar-refractivity contribution in [1.29, 1.82) is 0 Å². The summed E-state index contributed by atoms with van der Waals surface area (Å²) in [6.07, 6.45) is 4.55. The molecule has 1 fully saturated rings. The van der Waals surface area contributed by atoms with E-state index in [1.165, 1.54) is 5.56 Å². The van der Waals surface area contributed by atoms with Gasteiger partial charge in [0.1, 0.15) is 0 Å². The summed E-state index contributed by atoms with van der Waals surface area (Å²) in [7, 11) is 4.24. The first kappa shape index (κ1) is 22.7. The highest BCUT2D eigenvalue weighted by Gasteiger charge is 2.15. The number of nitrogens with zero attached hydrogens (tertiary/aromatic N) is 2. The number of ether oxygens (including phenoxy) is 2. The number of likely N-dealkylation sites (N-methyl/N-ethyl adjacent to an activating group) is 1. The second kappa shape index (κ2) is 13.5. The molecule has 1 heterocycles. The van der Waals surface area contributed by atoms with Gasteiger partial charge in [0.15, 0.2) is 5.96 Å². The van der Waals surface area contributed by atoms with E-state index in [0.29, 0.717) is 12.1 Å². The van der Waals surface area contributed by atoms with Crippen molar-refractivity contribution in [3.05, 3.63) is 35.9 Å². The lowest BCUT2D eigenvalue weighted by molar-refractivity contribution is 0.0168. The van der Waals surface area contributed by atoms with Crippen LogP contribution in [0.3, 0.4) is 0 Å². The molecular weight excluding hydrogens is 352 g/mol. The maximum atomic E-state index is 5.72. The Morgan fingerprint density at radius 1 is 1.29 bits per heavy atom. The van der Waals surface area contributed by atoms with Crippen molar-refractivity contribution in [2.45, 2.75) is 44.8 Å². The number of nitrogens with one attached hydrogen (secondary N) is 2. The largest absolute Gasteiger partial charge is 0.379 e. The van der Waals surface area contributed by atoms with E-state index in [1.54, 1.807) is 0 Å². The van der Waals surface area contributed by atoms with E-state index >= 15 is 0 Å². The SMILES string of the molecule is CCNC(=NCC(Cc1ccccc1)N(C)C)NCCCOCC1CCCO1. The van der Waals surface area contributed by atoms with Gasteiger partial charge in [0.05, 0.1) is 19.3 Å². The number of hydrogen-bond acceptors (Lipinski definition) is 4. The lowest BCUT2D eigenvalue weighted by Crippen LogP contribution is -2.40. The third-order valence-corrected chi connectivity index (χ3v) is 4.93. The molecule has 1 saturated heterocycles. The van der Waals surface area contributed by atoms with E-state index in [0.717, 1.165) is 71.1 Å². The van der Waals surface area contributed by atoms with Gasteiger partial charge < -0.3 is 25.0 Å². The fourth-order valence-corrected chi connectivity index (χ4v) is 3.21. The molecule has 1 aliphatic rings. The Hall–Kier alpha value is -1.63. The van der Waals surface area contributed by atoms with Crippen LogP contribution >= 0.6 is 0 Å². The molecule has 2 N–H and O–H groups in total. The summed E-state index contributed by atoms with van der Waals surface area (Å²) >= 11 is 0. The summed E-state index contributed by atoms with van der Waals surface area (Å²) < 4.78 is 11.3. The molecule has 0 radical (unpaired) electrons. The predicted octanol–water partition coefficient (Wildman–Crippen LogP) is 2.30. The van der Waals surface area contributed by atoms with E-state index in [4.69, 9.17) is 14.5 Å². The monoisotopic (exact) mass is 390 g/mol. The summed E-state index contributed by atoms with van der Waals surface area (Å²) in [5, 5.41) is 6.75. The standard InChI is InChI=1S/C22H38N4O2/c1-4-23-22(24-13-9-14-27-18-21-12-8-15-28-21)25-17-20(26(2)3)16-19-10-6-5-7-11-19/h5-7,10-11,20-21H,4,8-9,12-18H2,1-3H3,(H2,23,24,25). The fourth-order valence-electron chi connectivity index (χ4n) is 3.21. The van der Waals surface area contributed by atoms with E-state index in [1.807, 2.05) is 0 Å². The summed E-state index contributed by atoms with van der Waals surface area (Å²) in [6.45, 7) is 6.91. The number of aliphatic imine (C=N–C) groups is 1. The molecule has 0 aliphatic carbocycles. The minimum absolute atomic E-state index is 0.305. The molecule has 2 unspecified atom stereocenters. The molecule has 1 aliphatic heterocycles. The lowest BCUT2D eigenvalue weighted by Gasteiger charge is -2.23. The Balaban J connectivity index is 1.71. The molecule has 6 nitrogen and oxygen atoms in total. The van der Waals surface area contributed by atoms with Crippen LogP contribution in [0.25, 0.3) is 0 Å². The van der Waals surface area contributed by atoms with Gasteiger partial charge in [-0.15, -0.1) is 0 Å². The molecule has 6 heteroatoms. The van der Waals surface area contributed by atoms with E-state index in [2.05, 4.69) is 66.9 Å². The quantitative estimate of drug-likeness (QED) is 0.326. The molecule has 1 aromatic carbocycles. The molecule has 2 rings (SSSR count). The lowest BCUT2D eigenvalue weighted by atomic mass is 10.1. The van der Waals surface area contributed by atoms with Gasteiger partial charge in [0, 0.05) is 32.3 Å². The highest BCUT2D eigenvalue weighted by molar-refractivity contribution is 5.79. The van der Waals surface area contributed by atoms with E-state index < -0.39 is 0 Å². The van der Waals surface area contributed by atoms with Gasteiger partial charge in [-0.3, -0.25) is 4.99 Å². The van der Waals surface area contributed by atoms with Crippen LogP contribution in [0.4, 0.5) is 0 Å². The second-order valence-corrected chi connectivity index (χ2v) is 7.52. The highest BCUT2D eigenvalue weighted by atomic mass is 16.5. The third kappa shape index (κ3) is 9.04. The zero-order chi connectivity index (χ0) is 20.0. The molecule has 0 aromatic heterocycles. The first-order valence-electron chi connectivity index (χ1n) is 10.6. The van der Waals surface area contributed by atoms with Gasteiger partial charge in [-0.2, -0.15) is 0 Å². The number of benzene rings is 1. The van der Waals surface area contributed by atoms with Gasteiger partial charge in [-0.25, -0.2) is 0 Å². The number of guanidine groups is 1. The van der Waals surface area contributed by atoms with Gasteiger partial charge in [0.25, 0.3) is 0 Å². The normalized spacial score (nSPS) is 18.4. The molecule has 28 heavy (non-hydrogen) atoms. The van der Waals surface area contributed by atoms with Gasteiger partial charge >= 0.3 is 0 Å². The minimum Gasteiger partial charge on any atom is -0.379 e. The van der Waals surface area contributed by atoms with Gasteiger partial charge in [0.2, 0.25) is 0 Å². The average Bonchev–Trinajstić information content (AvgIpc) is 3.21. The first-order chi connectivity index (χ1) is 13.7. The Kier molecular flexibility index (Phi) is 10.9. The molecule has 0 spiro atoms. The molecule has 0 bridgehead atoms. The van der Waals surface area contributed by atoms with Crippen molar-refractivity contribution in [1.82, 2.24) is 15.5 Å². The summed E-state index contributed by atoms with van der Waals surface area (Å²) in [6, 6.07) is 11.0. The van der Waals surface area contributed by atoms with Gasteiger partial charge in [-0.1, -0.05) is 30.3 Å². The van der Waals surface area contributed by atoms with Crippen LogP contribution in [-0.2, 0) is 15.9 Å². The molecular formula is C22H38N4O2. The van der Waals surface area contributed by atoms with E-state index in [9.17, 15) is 0 Å². The maximum Gasteiger partial charge on any atom is 0.191 e. The van der Waals surface area contributed by atoms with Crippen molar-refractivity contribution in [3.63, 3.8) is 0 Å². The Bertz CT molecular complexity index is 545. The molecule has 0 saturated carbocycles. The Morgan fingerprint density at radius 2 is 2.11 bits per heavy atom. The maximum absolute atomic E-state index is 5.72. The molecule has 0 amide bonds. The average molecular weight is 391 g/mol. The second-order valence-electron chi connectivity index (χ2n) is 7.52. The van der Waals surface area contributed by atoms with Crippen LogP contribution in [0.15, 0.2) is 35.3 Å². The third-order valence-electron chi connectivity index (χ3n) is 4.93.